The number of rotatable bonds is 5. The Morgan fingerprint density at radius 1 is 1.28 bits per heavy atom. The largest absolute Gasteiger partial charge is 0.341 e. The van der Waals surface area contributed by atoms with Crippen molar-refractivity contribution < 1.29 is 9.18 Å². The third kappa shape index (κ3) is 4.07. The summed E-state index contributed by atoms with van der Waals surface area (Å²) in [4.78, 5) is 13.1. The molecule has 150 valence electrons. The Balaban J connectivity index is 1.64. The van der Waals surface area contributed by atoms with Crippen LogP contribution in [-0.4, -0.2) is 22.2 Å². The number of hydrogen-bond acceptors (Lipinski definition) is 3. The molecule has 4 rings (SSSR count). The van der Waals surface area contributed by atoms with Crippen LogP contribution in [0.4, 0.5) is 4.39 Å². The van der Waals surface area contributed by atoms with E-state index in [9.17, 15) is 9.18 Å². The number of carbonyl (C=O) groups excluding carboxylic acids is 1. The number of hydrogen-bond donors (Lipinski definition) is 2. The third-order valence-electron chi connectivity index (χ3n) is 5.67. The van der Waals surface area contributed by atoms with E-state index in [1.165, 1.54) is 23.3 Å². The van der Waals surface area contributed by atoms with Crippen molar-refractivity contribution in [2.24, 2.45) is 12.8 Å². The molecule has 29 heavy (non-hydrogen) atoms. The van der Waals surface area contributed by atoms with Gasteiger partial charge < -0.3 is 11.1 Å². The summed E-state index contributed by atoms with van der Waals surface area (Å²) in [7, 11) is 1.82. The number of halogens is 1. The van der Waals surface area contributed by atoms with E-state index in [1.807, 2.05) is 31.4 Å². The number of nitrogens with zero attached hydrogens (tertiary/aromatic N) is 2. The molecular weight excluding hydrogens is 367 g/mol. The van der Waals surface area contributed by atoms with E-state index in [1.54, 1.807) is 23.0 Å². The number of nitrogens with one attached hydrogen (secondary N) is 1. The van der Waals surface area contributed by atoms with Crippen LogP contribution in [0, 0.1) is 5.82 Å². The molecule has 3 N–H and O–H groups in total. The summed E-state index contributed by atoms with van der Waals surface area (Å²) >= 11 is 0. The number of fused-ring (bicyclic) bond motifs is 1. The Hall–Kier alpha value is -2.99. The Kier molecular flexibility index (Phi) is 5.45. The lowest BCUT2D eigenvalue weighted by Gasteiger charge is -2.25. The second kappa shape index (κ2) is 8.17. The van der Waals surface area contributed by atoms with Gasteiger partial charge in [0, 0.05) is 24.4 Å². The molecule has 5 nitrogen and oxygen atoms in total. The van der Waals surface area contributed by atoms with Gasteiger partial charge in [0.25, 0.3) is 5.91 Å². The molecule has 0 saturated carbocycles. The average molecular weight is 392 g/mol. The standard InChI is InChI=1S/C23H25FN4O/c1-28-14-19(13-26-28)22(16-7-9-20(24)10-8-16)27-23(29)17-6-5-15-3-2-4-18(12-25)21(15)11-17/h5-11,13-14,18,22H,2-4,12,25H2,1H3,(H,27,29). The Bertz CT molecular complexity index is 1010. The number of nitrogens with two attached hydrogens (primary N) is 1. The summed E-state index contributed by atoms with van der Waals surface area (Å²) in [5.41, 5.74) is 10.7. The zero-order chi connectivity index (χ0) is 20.4. The van der Waals surface area contributed by atoms with Crippen molar-refractivity contribution in [1.29, 1.82) is 0 Å². The van der Waals surface area contributed by atoms with Crippen molar-refractivity contribution in [3.63, 3.8) is 0 Å². The molecule has 2 unspecified atom stereocenters. The van der Waals surface area contributed by atoms with Crippen molar-refractivity contribution in [3.05, 3.63) is 88.5 Å². The lowest BCUT2D eigenvalue weighted by molar-refractivity contribution is 0.0943. The van der Waals surface area contributed by atoms with Gasteiger partial charge in [-0.25, -0.2) is 4.39 Å². The van der Waals surface area contributed by atoms with E-state index in [4.69, 9.17) is 5.73 Å². The molecule has 2 aromatic carbocycles. The lowest BCUT2D eigenvalue weighted by atomic mass is 9.82. The molecule has 0 aliphatic heterocycles. The first-order valence-corrected chi connectivity index (χ1v) is 9.93. The summed E-state index contributed by atoms with van der Waals surface area (Å²) in [6.45, 7) is 0.589. The molecule has 1 aromatic heterocycles. The van der Waals surface area contributed by atoms with Gasteiger partial charge in [-0.15, -0.1) is 0 Å². The van der Waals surface area contributed by atoms with E-state index in [0.717, 1.165) is 30.4 Å². The summed E-state index contributed by atoms with van der Waals surface area (Å²) in [5, 5.41) is 7.31. The smallest absolute Gasteiger partial charge is 0.252 e. The molecule has 6 heteroatoms. The first-order chi connectivity index (χ1) is 14.0. The molecule has 0 spiro atoms. The number of carbonyl (C=O) groups is 1. The van der Waals surface area contributed by atoms with Crippen LogP contribution in [0.25, 0.3) is 0 Å². The summed E-state index contributed by atoms with van der Waals surface area (Å²) in [6.07, 6.45) is 6.79. The van der Waals surface area contributed by atoms with Gasteiger partial charge in [-0.1, -0.05) is 18.2 Å². The highest BCUT2D eigenvalue weighted by Gasteiger charge is 2.23. The number of benzene rings is 2. The highest BCUT2D eigenvalue weighted by Crippen LogP contribution is 2.32. The Morgan fingerprint density at radius 3 is 2.76 bits per heavy atom. The minimum Gasteiger partial charge on any atom is -0.341 e. The van der Waals surface area contributed by atoms with Gasteiger partial charge in [0.2, 0.25) is 0 Å². The molecule has 1 heterocycles. The Morgan fingerprint density at radius 2 is 2.07 bits per heavy atom. The van der Waals surface area contributed by atoms with E-state index in [0.29, 0.717) is 18.0 Å². The predicted octanol–water partition coefficient (Wildman–Crippen LogP) is 3.46. The number of aromatic nitrogens is 2. The summed E-state index contributed by atoms with van der Waals surface area (Å²) in [6, 6.07) is 11.6. The van der Waals surface area contributed by atoms with E-state index in [2.05, 4.69) is 10.4 Å². The maximum atomic E-state index is 13.4. The molecule has 3 aromatic rings. The highest BCUT2D eigenvalue weighted by molar-refractivity contribution is 5.95. The fraction of sp³-hybridized carbons (Fsp3) is 0.304. The highest BCUT2D eigenvalue weighted by atomic mass is 19.1. The zero-order valence-corrected chi connectivity index (χ0v) is 16.4. The third-order valence-corrected chi connectivity index (χ3v) is 5.67. The zero-order valence-electron chi connectivity index (χ0n) is 16.4. The van der Waals surface area contributed by atoms with E-state index < -0.39 is 6.04 Å². The lowest BCUT2D eigenvalue weighted by Crippen LogP contribution is -2.29. The Labute approximate surface area is 169 Å². The van der Waals surface area contributed by atoms with Crippen molar-refractivity contribution in [2.45, 2.75) is 31.2 Å². The fourth-order valence-electron chi connectivity index (χ4n) is 4.10. The van der Waals surface area contributed by atoms with Crippen LogP contribution in [0.15, 0.2) is 54.9 Å². The van der Waals surface area contributed by atoms with Gasteiger partial charge in [-0.05, 0) is 72.7 Å². The summed E-state index contributed by atoms with van der Waals surface area (Å²) in [5.74, 6) is -0.183. The molecule has 2 atom stereocenters. The van der Waals surface area contributed by atoms with E-state index in [-0.39, 0.29) is 11.7 Å². The number of aryl methyl sites for hydroxylation is 2. The predicted molar refractivity (Wildman–Crippen MR) is 110 cm³/mol. The molecule has 1 amide bonds. The van der Waals surface area contributed by atoms with Crippen LogP contribution in [0.2, 0.25) is 0 Å². The fourth-order valence-corrected chi connectivity index (χ4v) is 4.10. The van der Waals surface area contributed by atoms with Crippen molar-refractivity contribution >= 4 is 5.91 Å². The van der Waals surface area contributed by atoms with Crippen molar-refractivity contribution in [3.8, 4) is 0 Å². The molecular formula is C23H25FN4O. The maximum absolute atomic E-state index is 13.4. The molecule has 0 saturated heterocycles. The first kappa shape index (κ1) is 19.3. The monoisotopic (exact) mass is 392 g/mol. The average Bonchev–Trinajstić information content (AvgIpc) is 3.17. The van der Waals surface area contributed by atoms with Crippen molar-refractivity contribution in [1.82, 2.24) is 15.1 Å². The molecule has 1 aliphatic carbocycles. The number of amides is 1. The van der Waals surface area contributed by atoms with E-state index >= 15 is 0 Å². The van der Waals surface area contributed by atoms with Crippen LogP contribution in [0.3, 0.4) is 0 Å². The SMILES string of the molecule is Cn1cc(C(NC(=O)c2ccc3c(c2)C(CN)CCC3)c2ccc(F)cc2)cn1. The molecule has 1 aliphatic rings. The van der Waals surface area contributed by atoms with Crippen LogP contribution < -0.4 is 11.1 Å². The van der Waals surface area contributed by atoms with Crippen LogP contribution in [0.5, 0.6) is 0 Å². The van der Waals surface area contributed by atoms with Gasteiger partial charge in [-0.2, -0.15) is 5.10 Å². The van der Waals surface area contributed by atoms with Crippen LogP contribution in [0.1, 0.15) is 57.4 Å². The van der Waals surface area contributed by atoms with Crippen LogP contribution >= 0.6 is 0 Å². The second-order valence-electron chi connectivity index (χ2n) is 7.64. The van der Waals surface area contributed by atoms with Crippen molar-refractivity contribution in [2.75, 3.05) is 6.54 Å². The van der Waals surface area contributed by atoms with Gasteiger partial charge >= 0.3 is 0 Å². The molecule has 0 bridgehead atoms. The topological polar surface area (TPSA) is 72.9 Å². The summed E-state index contributed by atoms with van der Waals surface area (Å²) < 4.78 is 15.1. The molecule has 0 radical (unpaired) electrons. The second-order valence-corrected chi connectivity index (χ2v) is 7.64. The first-order valence-electron chi connectivity index (χ1n) is 9.93. The minimum absolute atomic E-state index is 0.174. The minimum atomic E-state index is -0.418. The van der Waals surface area contributed by atoms with Gasteiger partial charge in [-0.3, -0.25) is 9.48 Å². The van der Waals surface area contributed by atoms with Gasteiger partial charge in [0.05, 0.1) is 12.2 Å². The molecule has 0 fully saturated rings. The van der Waals surface area contributed by atoms with Gasteiger partial charge in [0.1, 0.15) is 5.82 Å². The maximum Gasteiger partial charge on any atom is 0.252 e. The van der Waals surface area contributed by atoms with Crippen LogP contribution in [-0.2, 0) is 13.5 Å². The quantitative estimate of drug-likeness (QED) is 0.698. The normalized spacial score (nSPS) is 16.9. The van der Waals surface area contributed by atoms with Gasteiger partial charge in [0.15, 0.2) is 0 Å².